The SMILES string of the molecule is CCCc1nnc(NC(=O)c2ccc(S(C)(=O)=O)cc2)s1. The molecule has 21 heavy (non-hydrogen) atoms. The number of nitrogens with one attached hydrogen (secondary N) is 1. The van der Waals surface area contributed by atoms with Gasteiger partial charge in [0.05, 0.1) is 4.90 Å². The smallest absolute Gasteiger partial charge is 0.257 e. The second-order valence-corrected chi connectivity index (χ2v) is 7.58. The van der Waals surface area contributed by atoms with Gasteiger partial charge >= 0.3 is 0 Å². The number of carbonyl (C=O) groups excluding carboxylic acids is 1. The van der Waals surface area contributed by atoms with Crippen LogP contribution in [0.3, 0.4) is 0 Å². The maximum atomic E-state index is 12.0. The van der Waals surface area contributed by atoms with Gasteiger partial charge in [-0.25, -0.2) is 8.42 Å². The van der Waals surface area contributed by atoms with E-state index in [4.69, 9.17) is 0 Å². The van der Waals surface area contributed by atoms with Crippen molar-refractivity contribution in [1.82, 2.24) is 10.2 Å². The number of amides is 1. The quantitative estimate of drug-likeness (QED) is 0.910. The van der Waals surface area contributed by atoms with Crippen molar-refractivity contribution in [1.29, 1.82) is 0 Å². The number of hydrogen-bond acceptors (Lipinski definition) is 6. The van der Waals surface area contributed by atoms with E-state index >= 15 is 0 Å². The zero-order chi connectivity index (χ0) is 15.5. The van der Waals surface area contributed by atoms with Gasteiger partial charge in [-0.15, -0.1) is 10.2 Å². The van der Waals surface area contributed by atoms with Gasteiger partial charge in [0.1, 0.15) is 5.01 Å². The maximum absolute atomic E-state index is 12.0. The summed E-state index contributed by atoms with van der Waals surface area (Å²) >= 11 is 1.34. The summed E-state index contributed by atoms with van der Waals surface area (Å²) in [6.07, 6.45) is 2.92. The molecule has 0 radical (unpaired) electrons. The number of rotatable bonds is 5. The van der Waals surface area contributed by atoms with Gasteiger partial charge in [-0.3, -0.25) is 10.1 Å². The van der Waals surface area contributed by atoms with Gasteiger partial charge in [0, 0.05) is 18.2 Å². The molecule has 0 unspecified atom stereocenters. The molecule has 8 heteroatoms. The lowest BCUT2D eigenvalue weighted by Gasteiger charge is -2.02. The summed E-state index contributed by atoms with van der Waals surface area (Å²) in [6.45, 7) is 2.04. The molecular weight excluding hydrogens is 310 g/mol. The zero-order valence-corrected chi connectivity index (χ0v) is 13.3. The maximum Gasteiger partial charge on any atom is 0.257 e. The molecule has 0 spiro atoms. The first kappa shape index (κ1) is 15.6. The van der Waals surface area contributed by atoms with Crippen LogP contribution >= 0.6 is 11.3 Å². The Bertz CT molecular complexity index is 736. The molecule has 0 bridgehead atoms. The highest BCUT2D eigenvalue weighted by Crippen LogP contribution is 2.18. The minimum absolute atomic E-state index is 0.181. The fourth-order valence-electron chi connectivity index (χ4n) is 1.64. The Morgan fingerprint density at radius 2 is 1.90 bits per heavy atom. The van der Waals surface area contributed by atoms with Gasteiger partial charge in [-0.05, 0) is 30.7 Å². The van der Waals surface area contributed by atoms with E-state index < -0.39 is 9.84 Å². The molecule has 2 aromatic rings. The van der Waals surface area contributed by atoms with Crippen LogP contribution in [0.4, 0.5) is 5.13 Å². The number of benzene rings is 1. The molecule has 1 amide bonds. The third-order valence-electron chi connectivity index (χ3n) is 2.70. The molecule has 0 saturated carbocycles. The minimum Gasteiger partial charge on any atom is -0.296 e. The number of hydrogen-bond donors (Lipinski definition) is 1. The van der Waals surface area contributed by atoms with E-state index in [1.54, 1.807) is 0 Å². The molecule has 0 saturated heterocycles. The van der Waals surface area contributed by atoms with Crippen LogP contribution in [0.25, 0.3) is 0 Å². The van der Waals surface area contributed by atoms with Crippen LogP contribution in [0.1, 0.15) is 28.7 Å². The van der Waals surface area contributed by atoms with Crippen molar-refractivity contribution < 1.29 is 13.2 Å². The third-order valence-corrected chi connectivity index (χ3v) is 4.72. The molecule has 0 aliphatic heterocycles. The lowest BCUT2D eigenvalue weighted by Crippen LogP contribution is -2.11. The Morgan fingerprint density at radius 1 is 1.24 bits per heavy atom. The summed E-state index contributed by atoms with van der Waals surface area (Å²) in [5.41, 5.74) is 0.370. The molecule has 0 aliphatic carbocycles. The monoisotopic (exact) mass is 325 g/mol. The first-order chi connectivity index (χ1) is 9.90. The number of aryl methyl sites for hydroxylation is 1. The summed E-state index contributed by atoms with van der Waals surface area (Å²) in [5.74, 6) is -0.339. The molecule has 2 rings (SSSR count). The van der Waals surface area contributed by atoms with Crippen LogP contribution in [0.2, 0.25) is 0 Å². The summed E-state index contributed by atoms with van der Waals surface area (Å²) in [7, 11) is -3.26. The number of anilines is 1. The summed E-state index contributed by atoms with van der Waals surface area (Å²) in [6, 6.07) is 5.76. The summed E-state index contributed by atoms with van der Waals surface area (Å²) < 4.78 is 22.7. The molecule has 112 valence electrons. The largest absolute Gasteiger partial charge is 0.296 e. The van der Waals surface area contributed by atoms with Gasteiger partial charge in [0.2, 0.25) is 5.13 Å². The molecule has 1 N–H and O–H groups in total. The number of aromatic nitrogens is 2. The lowest BCUT2D eigenvalue weighted by molar-refractivity contribution is 0.102. The summed E-state index contributed by atoms with van der Waals surface area (Å²) in [5, 5.41) is 11.8. The van der Waals surface area contributed by atoms with Gasteiger partial charge in [0.15, 0.2) is 9.84 Å². The Kier molecular flexibility index (Phi) is 4.69. The molecule has 0 aliphatic rings. The van der Waals surface area contributed by atoms with Crippen molar-refractivity contribution in [2.75, 3.05) is 11.6 Å². The zero-order valence-electron chi connectivity index (χ0n) is 11.7. The van der Waals surface area contributed by atoms with Crippen molar-refractivity contribution in [3.63, 3.8) is 0 Å². The molecule has 1 heterocycles. The van der Waals surface area contributed by atoms with Gasteiger partial charge in [-0.2, -0.15) is 0 Å². The summed E-state index contributed by atoms with van der Waals surface area (Å²) in [4.78, 5) is 12.2. The Morgan fingerprint density at radius 3 is 2.48 bits per heavy atom. The molecular formula is C13H15N3O3S2. The third kappa shape index (κ3) is 4.08. The molecule has 1 aromatic heterocycles. The Hall–Kier alpha value is -1.80. The van der Waals surface area contributed by atoms with Crippen LogP contribution in [0.15, 0.2) is 29.2 Å². The highest BCUT2D eigenvalue weighted by atomic mass is 32.2. The standard InChI is InChI=1S/C13H15N3O3S2/c1-3-4-11-15-16-13(20-11)14-12(17)9-5-7-10(8-6-9)21(2,18)19/h5-8H,3-4H2,1-2H3,(H,14,16,17). The van der Waals surface area contributed by atoms with E-state index in [0.717, 1.165) is 24.1 Å². The van der Waals surface area contributed by atoms with Gasteiger partial charge in [0.25, 0.3) is 5.91 Å². The van der Waals surface area contributed by atoms with E-state index in [2.05, 4.69) is 15.5 Å². The highest BCUT2D eigenvalue weighted by molar-refractivity contribution is 7.90. The fourth-order valence-corrected chi connectivity index (χ4v) is 3.11. The molecule has 1 aromatic carbocycles. The lowest BCUT2D eigenvalue weighted by atomic mass is 10.2. The second-order valence-electron chi connectivity index (χ2n) is 4.50. The molecule has 0 atom stereocenters. The van der Waals surface area contributed by atoms with Crippen LogP contribution in [-0.4, -0.2) is 30.8 Å². The first-order valence-electron chi connectivity index (χ1n) is 6.34. The van der Waals surface area contributed by atoms with Crippen molar-refractivity contribution in [3.8, 4) is 0 Å². The van der Waals surface area contributed by atoms with Gasteiger partial charge in [-0.1, -0.05) is 18.3 Å². The van der Waals surface area contributed by atoms with Crippen LogP contribution in [-0.2, 0) is 16.3 Å². The topological polar surface area (TPSA) is 89.0 Å². The predicted molar refractivity (Wildman–Crippen MR) is 81.4 cm³/mol. The molecule has 0 fully saturated rings. The highest BCUT2D eigenvalue weighted by Gasteiger charge is 2.12. The van der Waals surface area contributed by atoms with E-state index in [1.807, 2.05) is 6.92 Å². The number of carbonyl (C=O) groups is 1. The molecule has 6 nitrogen and oxygen atoms in total. The average Bonchev–Trinajstić information content (AvgIpc) is 2.86. The first-order valence-corrected chi connectivity index (χ1v) is 9.05. The van der Waals surface area contributed by atoms with E-state index in [9.17, 15) is 13.2 Å². The van der Waals surface area contributed by atoms with Crippen molar-refractivity contribution in [3.05, 3.63) is 34.8 Å². The van der Waals surface area contributed by atoms with E-state index in [-0.39, 0.29) is 10.8 Å². The van der Waals surface area contributed by atoms with E-state index in [1.165, 1.54) is 35.6 Å². The average molecular weight is 325 g/mol. The van der Waals surface area contributed by atoms with Crippen LogP contribution in [0.5, 0.6) is 0 Å². The second kappa shape index (κ2) is 6.31. The van der Waals surface area contributed by atoms with Crippen LogP contribution < -0.4 is 5.32 Å². The van der Waals surface area contributed by atoms with Crippen LogP contribution in [0, 0.1) is 0 Å². The Balaban J connectivity index is 2.09. The fraction of sp³-hybridized carbons (Fsp3) is 0.308. The van der Waals surface area contributed by atoms with E-state index in [0.29, 0.717) is 10.7 Å². The van der Waals surface area contributed by atoms with Crippen molar-refractivity contribution in [2.45, 2.75) is 24.7 Å². The Labute approximate surface area is 127 Å². The van der Waals surface area contributed by atoms with Crippen molar-refractivity contribution >= 4 is 32.2 Å². The predicted octanol–water partition coefficient (Wildman–Crippen LogP) is 2.15. The normalized spacial score (nSPS) is 11.3. The minimum atomic E-state index is -3.26. The van der Waals surface area contributed by atoms with Gasteiger partial charge < -0.3 is 0 Å². The van der Waals surface area contributed by atoms with Crippen molar-refractivity contribution in [2.24, 2.45) is 0 Å². The number of nitrogens with zero attached hydrogens (tertiary/aromatic N) is 2. The number of sulfone groups is 1.